The van der Waals surface area contributed by atoms with Gasteiger partial charge >= 0.3 is 0 Å². The minimum absolute atomic E-state index is 0.139. The van der Waals surface area contributed by atoms with E-state index in [2.05, 4.69) is 10.6 Å². The first-order valence-electron chi connectivity index (χ1n) is 9.25. The van der Waals surface area contributed by atoms with Crippen LogP contribution < -0.4 is 10.6 Å². The third kappa shape index (κ3) is 5.86. The predicted molar refractivity (Wildman–Crippen MR) is 111 cm³/mol. The lowest BCUT2D eigenvalue weighted by Crippen LogP contribution is -2.40. The number of thiophene rings is 1. The number of nitrogens with one attached hydrogen (secondary N) is 2. The van der Waals surface area contributed by atoms with Crippen molar-refractivity contribution in [2.45, 2.75) is 17.7 Å². The molecular weight excluding hydrogens is 414 g/mol. The highest BCUT2D eigenvalue weighted by atomic mass is 32.2. The van der Waals surface area contributed by atoms with Crippen LogP contribution in [0.15, 0.2) is 46.0 Å². The van der Waals surface area contributed by atoms with Gasteiger partial charge in [0.1, 0.15) is 0 Å². The molecule has 29 heavy (non-hydrogen) atoms. The Hall–Kier alpha value is -2.27. The Bertz CT molecular complexity index is 939. The van der Waals surface area contributed by atoms with Crippen LogP contribution in [0.5, 0.6) is 0 Å². The Labute approximate surface area is 173 Å². The molecule has 0 saturated carbocycles. The van der Waals surface area contributed by atoms with Gasteiger partial charge in [-0.25, -0.2) is 8.42 Å². The molecule has 1 aromatic carbocycles. The average molecular weight is 438 g/mol. The minimum atomic E-state index is -3.62. The molecule has 2 heterocycles. The van der Waals surface area contributed by atoms with Crippen LogP contribution in [-0.4, -0.2) is 57.4 Å². The van der Waals surface area contributed by atoms with Gasteiger partial charge in [-0.05, 0) is 36.1 Å². The van der Waals surface area contributed by atoms with Crippen molar-refractivity contribution in [3.63, 3.8) is 0 Å². The van der Waals surface area contributed by atoms with Gasteiger partial charge in [-0.15, -0.1) is 0 Å². The molecule has 156 valence electrons. The monoisotopic (exact) mass is 437 g/mol. The molecule has 3 rings (SSSR count). The molecule has 0 atom stereocenters. The van der Waals surface area contributed by atoms with E-state index in [-0.39, 0.29) is 23.1 Å². The summed E-state index contributed by atoms with van der Waals surface area (Å²) >= 11 is 1.45. The lowest BCUT2D eigenvalue weighted by Gasteiger charge is -2.26. The lowest BCUT2D eigenvalue weighted by atomic mass is 10.2. The van der Waals surface area contributed by atoms with Crippen molar-refractivity contribution in [1.82, 2.24) is 9.62 Å². The summed E-state index contributed by atoms with van der Waals surface area (Å²) in [5.74, 6) is -0.400. The summed E-state index contributed by atoms with van der Waals surface area (Å²) in [6, 6.07) is 7.96. The number of morpholine rings is 1. The van der Waals surface area contributed by atoms with Crippen molar-refractivity contribution in [2.24, 2.45) is 0 Å². The summed E-state index contributed by atoms with van der Waals surface area (Å²) in [5.41, 5.74) is 1.03. The first kappa shape index (κ1) is 21.4. The van der Waals surface area contributed by atoms with E-state index in [1.165, 1.54) is 27.8 Å². The Morgan fingerprint density at radius 3 is 2.69 bits per heavy atom. The van der Waals surface area contributed by atoms with Crippen molar-refractivity contribution in [2.75, 3.05) is 38.2 Å². The summed E-state index contributed by atoms with van der Waals surface area (Å²) < 4.78 is 32.0. The second-order valence-electron chi connectivity index (χ2n) is 6.46. The Balaban J connectivity index is 1.49. The molecule has 2 N–H and O–H groups in total. The zero-order valence-corrected chi connectivity index (χ0v) is 17.4. The molecule has 0 radical (unpaired) electrons. The molecule has 0 spiro atoms. The van der Waals surface area contributed by atoms with Crippen LogP contribution in [-0.2, 0) is 19.6 Å². The molecule has 1 aliphatic heterocycles. The molecule has 1 aromatic heterocycles. The highest BCUT2D eigenvalue weighted by Gasteiger charge is 2.26. The van der Waals surface area contributed by atoms with E-state index in [9.17, 15) is 18.0 Å². The predicted octanol–water partition coefficient (Wildman–Crippen LogP) is 1.92. The van der Waals surface area contributed by atoms with Crippen molar-refractivity contribution < 1.29 is 22.7 Å². The first-order chi connectivity index (χ1) is 14.0. The zero-order chi connectivity index (χ0) is 20.7. The molecular formula is C19H23N3O5S2. The molecule has 2 aromatic rings. The maximum absolute atomic E-state index is 12.7. The third-order valence-corrected chi connectivity index (χ3v) is 6.95. The number of anilines is 1. The number of nitrogens with zero attached hydrogens (tertiary/aromatic N) is 1. The topological polar surface area (TPSA) is 105 Å². The van der Waals surface area contributed by atoms with Crippen molar-refractivity contribution in [3.05, 3.63) is 46.7 Å². The first-order valence-corrected chi connectivity index (χ1v) is 11.6. The van der Waals surface area contributed by atoms with Gasteiger partial charge in [0, 0.05) is 42.7 Å². The van der Waals surface area contributed by atoms with E-state index in [0.29, 0.717) is 50.5 Å². The Morgan fingerprint density at radius 2 is 1.97 bits per heavy atom. The van der Waals surface area contributed by atoms with Crippen LogP contribution in [0.1, 0.15) is 23.2 Å². The number of ether oxygens (including phenoxy) is 1. The van der Waals surface area contributed by atoms with Gasteiger partial charge in [0.05, 0.1) is 18.1 Å². The van der Waals surface area contributed by atoms with Crippen LogP contribution in [0.25, 0.3) is 0 Å². The van der Waals surface area contributed by atoms with Crippen LogP contribution in [0.3, 0.4) is 0 Å². The molecule has 1 saturated heterocycles. The van der Waals surface area contributed by atoms with Gasteiger partial charge in [0.15, 0.2) is 0 Å². The number of amides is 2. The molecule has 2 amide bonds. The minimum Gasteiger partial charge on any atom is -0.379 e. The maximum Gasteiger partial charge on any atom is 0.252 e. The Kier molecular flexibility index (Phi) is 7.37. The fourth-order valence-electron chi connectivity index (χ4n) is 2.84. The van der Waals surface area contributed by atoms with Crippen molar-refractivity contribution in [3.8, 4) is 0 Å². The highest BCUT2D eigenvalue weighted by Crippen LogP contribution is 2.20. The van der Waals surface area contributed by atoms with Gasteiger partial charge in [-0.2, -0.15) is 15.6 Å². The average Bonchev–Trinajstić information content (AvgIpc) is 3.27. The molecule has 0 bridgehead atoms. The van der Waals surface area contributed by atoms with Crippen LogP contribution in [0.2, 0.25) is 0 Å². The number of hydrogen-bond acceptors (Lipinski definition) is 6. The number of hydrogen-bond donors (Lipinski definition) is 2. The van der Waals surface area contributed by atoms with Gasteiger partial charge < -0.3 is 15.4 Å². The smallest absolute Gasteiger partial charge is 0.252 e. The molecule has 1 fully saturated rings. The summed E-state index contributed by atoms with van der Waals surface area (Å²) in [4.78, 5) is 24.1. The van der Waals surface area contributed by atoms with Crippen molar-refractivity contribution in [1.29, 1.82) is 0 Å². The summed E-state index contributed by atoms with van der Waals surface area (Å²) in [6.45, 7) is 1.76. The molecule has 8 nitrogen and oxygen atoms in total. The van der Waals surface area contributed by atoms with Crippen LogP contribution >= 0.6 is 11.3 Å². The fraction of sp³-hybridized carbons (Fsp3) is 0.368. The number of carbonyl (C=O) groups excluding carboxylic acids is 2. The summed E-state index contributed by atoms with van der Waals surface area (Å²) in [7, 11) is -3.62. The Morgan fingerprint density at radius 1 is 1.17 bits per heavy atom. The van der Waals surface area contributed by atoms with E-state index >= 15 is 0 Å². The quantitative estimate of drug-likeness (QED) is 0.614. The molecule has 0 unspecified atom stereocenters. The lowest BCUT2D eigenvalue weighted by molar-refractivity contribution is -0.116. The van der Waals surface area contributed by atoms with Crippen molar-refractivity contribution >= 4 is 38.9 Å². The number of rotatable bonds is 8. The maximum atomic E-state index is 12.7. The van der Waals surface area contributed by atoms with E-state index in [0.717, 1.165) is 0 Å². The summed E-state index contributed by atoms with van der Waals surface area (Å²) in [6.07, 6.45) is 0.692. The summed E-state index contributed by atoms with van der Waals surface area (Å²) in [5, 5.41) is 9.07. The third-order valence-electron chi connectivity index (χ3n) is 4.38. The number of carbonyl (C=O) groups is 2. The highest BCUT2D eigenvalue weighted by molar-refractivity contribution is 7.89. The fourth-order valence-corrected chi connectivity index (χ4v) is 4.93. The van der Waals surface area contributed by atoms with Crippen LogP contribution in [0, 0.1) is 0 Å². The molecule has 0 aliphatic carbocycles. The van der Waals surface area contributed by atoms with Gasteiger partial charge in [0.2, 0.25) is 15.9 Å². The standard InChI is InChI=1S/C19H23N3O5S2/c23-18(5-2-7-20-19(24)15-6-12-28-14-15)21-16-3-1-4-17(13-16)29(25,26)22-8-10-27-11-9-22/h1,3-4,6,12-14H,2,5,7-11H2,(H,20,24)(H,21,23). The largest absolute Gasteiger partial charge is 0.379 e. The SMILES string of the molecule is O=C(CCCNC(=O)c1ccsc1)Nc1cccc(S(=O)(=O)N2CCOCC2)c1. The van der Waals surface area contributed by atoms with Crippen LogP contribution in [0.4, 0.5) is 5.69 Å². The second kappa shape index (κ2) is 9.97. The molecule has 10 heteroatoms. The van der Waals surface area contributed by atoms with Gasteiger partial charge in [-0.1, -0.05) is 6.07 Å². The number of sulfonamides is 1. The van der Waals surface area contributed by atoms with Gasteiger partial charge in [-0.3, -0.25) is 9.59 Å². The number of benzene rings is 1. The van der Waals surface area contributed by atoms with E-state index < -0.39 is 10.0 Å². The molecule has 1 aliphatic rings. The second-order valence-corrected chi connectivity index (χ2v) is 9.18. The van der Waals surface area contributed by atoms with Gasteiger partial charge in [0.25, 0.3) is 5.91 Å². The van der Waals surface area contributed by atoms with E-state index in [4.69, 9.17) is 4.74 Å². The normalized spacial score (nSPS) is 15.0. The van der Waals surface area contributed by atoms with E-state index in [1.807, 2.05) is 5.38 Å². The zero-order valence-electron chi connectivity index (χ0n) is 15.8. The van der Waals surface area contributed by atoms with E-state index in [1.54, 1.807) is 23.6 Å².